The predicted octanol–water partition coefficient (Wildman–Crippen LogP) is 2.02. The first-order chi connectivity index (χ1) is 9.40. The third-order valence-corrected chi connectivity index (χ3v) is 5.34. The molecule has 20 heavy (non-hydrogen) atoms. The molecule has 0 atom stereocenters. The van der Waals surface area contributed by atoms with Gasteiger partial charge in [-0.05, 0) is 37.3 Å². The topological polar surface area (TPSA) is 74.7 Å². The van der Waals surface area contributed by atoms with Crippen LogP contribution in [0, 0.1) is 12.8 Å². The Kier molecular flexibility index (Phi) is 4.32. The molecule has 1 N–H and O–H groups in total. The normalized spacial score (nSPS) is 15.1. The van der Waals surface area contributed by atoms with Crippen LogP contribution in [0.5, 0.6) is 0 Å². The Labute approximate surface area is 119 Å². The third kappa shape index (κ3) is 3.72. The molecule has 0 aliphatic heterocycles. The second-order valence-electron chi connectivity index (χ2n) is 5.22. The lowest BCUT2D eigenvalue weighted by atomic mass is 10.2. The highest BCUT2D eigenvalue weighted by Crippen LogP contribution is 2.33. The van der Waals surface area contributed by atoms with E-state index in [1.165, 1.54) is 4.31 Å². The molecule has 0 spiro atoms. The molecular weight excluding hydrogens is 278 g/mol. The van der Waals surface area contributed by atoms with Crippen LogP contribution in [-0.4, -0.2) is 31.8 Å². The van der Waals surface area contributed by atoms with E-state index in [2.05, 4.69) is 0 Å². The fraction of sp³-hybridized carbons (Fsp3) is 0.500. The maximum absolute atomic E-state index is 12.5. The number of anilines is 1. The molecular formula is C14H19NO4S. The van der Waals surface area contributed by atoms with Crippen LogP contribution in [0.25, 0.3) is 0 Å². The van der Waals surface area contributed by atoms with Gasteiger partial charge in [0.05, 0.1) is 17.9 Å². The fourth-order valence-electron chi connectivity index (χ4n) is 2.12. The van der Waals surface area contributed by atoms with Gasteiger partial charge in [0.25, 0.3) is 0 Å². The molecule has 0 amide bonds. The summed E-state index contributed by atoms with van der Waals surface area (Å²) < 4.78 is 26.2. The minimum atomic E-state index is -3.46. The van der Waals surface area contributed by atoms with Gasteiger partial charge in [-0.1, -0.05) is 18.2 Å². The summed E-state index contributed by atoms with van der Waals surface area (Å²) >= 11 is 0. The van der Waals surface area contributed by atoms with Crippen LogP contribution in [0.3, 0.4) is 0 Å². The maximum atomic E-state index is 12.5. The lowest BCUT2D eigenvalue weighted by Gasteiger charge is -2.25. The summed E-state index contributed by atoms with van der Waals surface area (Å²) in [6, 6.07) is 7.15. The van der Waals surface area contributed by atoms with Crippen molar-refractivity contribution in [3.05, 3.63) is 29.8 Å². The van der Waals surface area contributed by atoms with Gasteiger partial charge in [0.1, 0.15) is 0 Å². The van der Waals surface area contributed by atoms with Gasteiger partial charge in [0.2, 0.25) is 10.0 Å². The molecule has 1 aromatic rings. The van der Waals surface area contributed by atoms with Gasteiger partial charge in [-0.25, -0.2) is 8.42 Å². The Morgan fingerprint density at radius 3 is 2.55 bits per heavy atom. The van der Waals surface area contributed by atoms with Crippen LogP contribution in [0.2, 0.25) is 0 Å². The Hall–Kier alpha value is -1.56. The Morgan fingerprint density at radius 1 is 1.35 bits per heavy atom. The van der Waals surface area contributed by atoms with Crippen molar-refractivity contribution in [3.63, 3.8) is 0 Å². The molecule has 0 bridgehead atoms. The van der Waals surface area contributed by atoms with E-state index in [1.807, 2.05) is 19.1 Å². The van der Waals surface area contributed by atoms with Gasteiger partial charge in [0.15, 0.2) is 0 Å². The van der Waals surface area contributed by atoms with Gasteiger partial charge in [-0.3, -0.25) is 9.10 Å². The number of hydrogen-bond acceptors (Lipinski definition) is 3. The average Bonchev–Trinajstić information content (AvgIpc) is 3.14. The lowest BCUT2D eigenvalue weighted by Crippen LogP contribution is -2.36. The van der Waals surface area contributed by atoms with Crippen LogP contribution in [0.4, 0.5) is 5.69 Å². The number of carboxylic acids is 1. The molecule has 0 saturated heterocycles. The van der Waals surface area contributed by atoms with Crippen molar-refractivity contribution in [1.82, 2.24) is 0 Å². The standard InChI is InChI=1S/C14H19NO4S/c1-11-4-2-3-5-13(11)15(9-8-14(16)17)20(18,19)10-12-6-7-12/h2-5,12H,6-10H2,1H3,(H,16,17). The fourth-order valence-corrected chi connectivity index (χ4v) is 4.11. The molecule has 0 unspecified atom stereocenters. The maximum Gasteiger partial charge on any atom is 0.305 e. The molecule has 1 aromatic carbocycles. The predicted molar refractivity (Wildman–Crippen MR) is 77.3 cm³/mol. The quantitative estimate of drug-likeness (QED) is 0.835. The minimum Gasteiger partial charge on any atom is -0.481 e. The molecule has 1 fully saturated rings. The number of carboxylic acid groups (broad SMARTS) is 1. The molecule has 6 heteroatoms. The van der Waals surface area contributed by atoms with E-state index in [0.29, 0.717) is 5.69 Å². The summed E-state index contributed by atoms with van der Waals surface area (Å²) in [6.07, 6.45) is 1.69. The third-order valence-electron chi connectivity index (χ3n) is 3.39. The van der Waals surface area contributed by atoms with Crippen LogP contribution in [-0.2, 0) is 14.8 Å². The second-order valence-corrected chi connectivity index (χ2v) is 7.16. The molecule has 0 aromatic heterocycles. The van der Waals surface area contributed by atoms with Crippen molar-refractivity contribution in [2.24, 2.45) is 5.92 Å². The number of aliphatic carboxylic acids is 1. The largest absolute Gasteiger partial charge is 0.481 e. The summed E-state index contributed by atoms with van der Waals surface area (Å²) in [5.74, 6) is -0.650. The van der Waals surface area contributed by atoms with Crippen LogP contribution < -0.4 is 4.31 Å². The van der Waals surface area contributed by atoms with E-state index in [0.717, 1.165) is 18.4 Å². The summed E-state index contributed by atoms with van der Waals surface area (Å²) in [4.78, 5) is 10.8. The van der Waals surface area contributed by atoms with Gasteiger partial charge < -0.3 is 5.11 Å². The number of benzene rings is 1. The smallest absolute Gasteiger partial charge is 0.305 e. The SMILES string of the molecule is Cc1ccccc1N(CCC(=O)O)S(=O)(=O)CC1CC1. The van der Waals surface area contributed by atoms with Crippen molar-refractivity contribution in [2.75, 3.05) is 16.6 Å². The van der Waals surface area contributed by atoms with Gasteiger partial charge >= 0.3 is 5.97 Å². The van der Waals surface area contributed by atoms with Crippen LogP contribution >= 0.6 is 0 Å². The van der Waals surface area contributed by atoms with Crippen molar-refractivity contribution in [3.8, 4) is 0 Å². The molecule has 1 saturated carbocycles. The highest BCUT2D eigenvalue weighted by molar-refractivity contribution is 7.92. The zero-order valence-electron chi connectivity index (χ0n) is 11.4. The number of aryl methyl sites for hydroxylation is 1. The first-order valence-electron chi connectivity index (χ1n) is 6.68. The average molecular weight is 297 g/mol. The molecule has 0 heterocycles. The van der Waals surface area contributed by atoms with E-state index in [1.54, 1.807) is 12.1 Å². The Balaban J connectivity index is 2.28. The first-order valence-corrected chi connectivity index (χ1v) is 8.29. The highest BCUT2D eigenvalue weighted by atomic mass is 32.2. The zero-order valence-corrected chi connectivity index (χ0v) is 12.3. The Bertz CT molecular complexity index is 593. The van der Waals surface area contributed by atoms with E-state index in [-0.39, 0.29) is 24.6 Å². The summed E-state index contributed by atoms with van der Waals surface area (Å²) in [7, 11) is -3.46. The number of hydrogen-bond donors (Lipinski definition) is 1. The zero-order chi connectivity index (χ0) is 14.8. The molecule has 1 aliphatic rings. The molecule has 0 radical (unpaired) electrons. The number of carbonyl (C=O) groups is 1. The van der Waals surface area contributed by atoms with Gasteiger partial charge in [-0.15, -0.1) is 0 Å². The molecule has 110 valence electrons. The summed E-state index contributed by atoms with van der Waals surface area (Å²) in [6.45, 7) is 1.81. The lowest BCUT2D eigenvalue weighted by molar-refractivity contribution is -0.136. The van der Waals surface area contributed by atoms with Gasteiger partial charge in [0, 0.05) is 6.54 Å². The van der Waals surface area contributed by atoms with E-state index in [9.17, 15) is 13.2 Å². The Morgan fingerprint density at radius 2 is 2.00 bits per heavy atom. The molecule has 2 rings (SSSR count). The highest BCUT2D eigenvalue weighted by Gasteiger charge is 2.32. The van der Waals surface area contributed by atoms with Crippen LogP contribution in [0.1, 0.15) is 24.8 Å². The van der Waals surface area contributed by atoms with Crippen LogP contribution in [0.15, 0.2) is 24.3 Å². The van der Waals surface area contributed by atoms with Crippen molar-refractivity contribution in [2.45, 2.75) is 26.2 Å². The number of rotatable bonds is 7. The first kappa shape index (κ1) is 14.8. The van der Waals surface area contributed by atoms with E-state index < -0.39 is 16.0 Å². The number of para-hydroxylation sites is 1. The van der Waals surface area contributed by atoms with Gasteiger partial charge in [-0.2, -0.15) is 0 Å². The van der Waals surface area contributed by atoms with Crippen molar-refractivity contribution < 1.29 is 18.3 Å². The summed E-state index contributed by atoms with van der Waals surface area (Å²) in [5, 5.41) is 8.82. The molecule has 5 nitrogen and oxygen atoms in total. The monoisotopic (exact) mass is 297 g/mol. The number of nitrogens with zero attached hydrogens (tertiary/aromatic N) is 1. The van der Waals surface area contributed by atoms with E-state index in [4.69, 9.17) is 5.11 Å². The minimum absolute atomic E-state index is 0.0186. The van der Waals surface area contributed by atoms with E-state index >= 15 is 0 Å². The van der Waals surface area contributed by atoms with Crippen molar-refractivity contribution in [1.29, 1.82) is 0 Å². The summed E-state index contributed by atoms with van der Waals surface area (Å²) in [5.41, 5.74) is 1.41. The molecule has 1 aliphatic carbocycles. The number of sulfonamides is 1. The second kappa shape index (κ2) is 5.83. The van der Waals surface area contributed by atoms with Crippen molar-refractivity contribution >= 4 is 21.7 Å².